The van der Waals surface area contributed by atoms with E-state index in [2.05, 4.69) is 39.4 Å². The van der Waals surface area contributed by atoms with Gasteiger partial charge in [0, 0.05) is 4.47 Å². The summed E-state index contributed by atoms with van der Waals surface area (Å²) in [5.74, 6) is -0.502. The average Bonchev–Trinajstić information content (AvgIpc) is 2.96. The van der Waals surface area contributed by atoms with Crippen molar-refractivity contribution in [1.82, 2.24) is 5.32 Å². The van der Waals surface area contributed by atoms with Gasteiger partial charge in [-0.1, -0.05) is 77.5 Å². The van der Waals surface area contributed by atoms with Gasteiger partial charge in [0.25, 0.3) is 11.8 Å². The number of halogens is 1. The molecule has 1 aliphatic rings. The van der Waals surface area contributed by atoms with E-state index in [1.165, 1.54) is 6.08 Å². The number of carbonyl (C=O) groups excluding carboxylic acids is 3. The van der Waals surface area contributed by atoms with Crippen molar-refractivity contribution in [2.75, 3.05) is 11.5 Å². The molecule has 4 amide bonds. The van der Waals surface area contributed by atoms with Gasteiger partial charge in [0.05, 0.1) is 12.3 Å². The molecule has 1 aliphatic heterocycles. The number of ether oxygens (including phenoxy) is 2. The van der Waals surface area contributed by atoms with Gasteiger partial charge in [-0.2, -0.15) is 0 Å². The van der Waals surface area contributed by atoms with E-state index >= 15 is 0 Å². The third-order valence-electron chi connectivity index (χ3n) is 6.63. The molecule has 0 bridgehead atoms. The van der Waals surface area contributed by atoms with Crippen LogP contribution in [0.15, 0.2) is 88.9 Å². The van der Waals surface area contributed by atoms with E-state index in [4.69, 9.17) is 9.47 Å². The molecule has 0 aliphatic carbocycles. The van der Waals surface area contributed by atoms with E-state index < -0.39 is 17.8 Å². The highest BCUT2D eigenvalue weighted by molar-refractivity contribution is 9.10. The van der Waals surface area contributed by atoms with Crippen molar-refractivity contribution < 1.29 is 23.9 Å². The van der Waals surface area contributed by atoms with Gasteiger partial charge < -0.3 is 9.47 Å². The van der Waals surface area contributed by atoms with Crippen LogP contribution in [0.25, 0.3) is 16.8 Å². The first-order chi connectivity index (χ1) is 19.4. The van der Waals surface area contributed by atoms with Crippen LogP contribution in [0.2, 0.25) is 0 Å². The van der Waals surface area contributed by atoms with Gasteiger partial charge in [-0.25, -0.2) is 9.69 Å². The molecule has 4 aromatic carbocycles. The lowest BCUT2D eigenvalue weighted by molar-refractivity contribution is -0.122. The summed E-state index contributed by atoms with van der Waals surface area (Å²) < 4.78 is 12.6. The Balaban J connectivity index is 1.45. The molecule has 1 saturated heterocycles. The summed E-state index contributed by atoms with van der Waals surface area (Å²) in [6.07, 6.45) is 2.26. The van der Waals surface area contributed by atoms with Crippen LogP contribution in [0.1, 0.15) is 30.5 Å². The number of rotatable bonds is 8. The first-order valence-corrected chi connectivity index (χ1v) is 13.7. The molecular formula is C32H27BrN2O5. The lowest BCUT2D eigenvalue weighted by Gasteiger charge is -2.26. The monoisotopic (exact) mass is 598 g/mol. The smallest absolute Gasteiger partial charge is 0.335 e. The Morgan fingerprint density at radius 2 is 1.60 bits per heavy atom. The maximum absolute atomic E-state index is 13.4. The number of anilines is 1. The van der Waals surface area contributed by atoms with Crippen molar-refractivity contribution in [2.24, 2.45) is 0 Å². The minimum absolute atomic E-state index is 0.174. The number of barbiturate groups is 1. The highest BCUT2D eigenvalue weighted by Gasteiger charge is 2.37. The fourth-order valence-corrected chi connectivity index (χ4v) is 4.98. The number of imide groups is 2. The number of hydrogen-bond acceptors (Lipinski definition) is 5. The quantitative estimate of drug-likeness (QED) is 0.178. The number of benzene rings is 4. The summed E-state index contributed by atoms with van der Waals surface area (Å²) in [7, 11) is 0. The van der Waals surface area contributed by atoms with E-state index in [9.17, 15) is 14.4 Å². The summed E-state index contributed by atoms with van der Waals surface area (Å²) >= 11 is 3.55. The molecule has 0 saturated carbocycles. The second-order valence-electron chi connectivity index (χ2n) is 9.16. The average molecular weight is 599 g/mol. The van der Waals surface area contributed by atoms with E-state index in [1.807, 2.05) is 50.2 Å². The first-order valence-electron chi connectivity index (χ1n) is 13.0. The summed E-state index contributed by atoms with van der Waals surface area (Å²) in [5, 5.41) is 4.50. The predicted octanol–water partition coefficient (Wildman–Crippen LogP) is 6.81. The van der Waals surface area contributed by atoms with Crippen molar-refractivity contribution in [3.05, 3.63) is 106 Å². The molecular weight excluding hydrogens is 572 g/mol. The van der Waals surface area contributed by atoms with Crippen molar-refractivity contribution in [1.29, 1.82) is 0 Å². The maximum atomic E-state index is 13.4. The summed E-state index contributed by atoms with van der Waals surface area (Å²) in [6, 6.07) is 23.9. The first kappa shape index (κ1) is 27.1. The van der Waals surface area contributed by atoms with Crippen LogP contribution in [0, 0.1) is 0 Å². The zero-order chi connectivity index (χ0) is 28.2. The second kappa shape index (κ2) is 11.8. The van der Waals surface area contributed by atoms with Gasteiger partial charge in [0.1, 0.15) is 12.2 Å². The molecule has 0 spiro atoms. The minimum atomic E-state index is -0.789. The van der Waals surface area contributed by atoms with Crippen LogP contribution in [0.4, 0.5) is 10.5 Å². The van der Waals surface area contributed by atoms with Crippen molar-refractivity contribution >= 4 is 56.3 Å². The van der Waals surface area contributed by atoms with E-state index in [0.29, 0.717) is 40.4 Å². The predicted molar refractivity (Wildman–Crippen MR) is 158 cm³/mol. The van der Waals surface area contributed by atoms with Crippen molar-refractivity contribution in [3.63, 3.8) is 0 Å². The van der Waals surface area contributed by atoms with Crippen LogP contribution < -0.4 is 19.7 Å². The number of nitrogens with one attached hydrogen (secondary N) is 1. The number of amides is 4. The summed E-state index contributed by atoms with van der Waals surface area (Å²) in [6.45, 7) is 4.59. The highest BCUT2D eigenvalue weighted by Crippen LogP contribution is 2.36. The van der Waals surface area contributed by atoms with Gasteiger partial charge in [0.15, 0.2) is 11.5 Å². The Morgan fingerprint density at radius 3 is 2.35 bits per heavy atom. The van der Waals surface area contributed by atoms with Crippen LogP contribution >= 0.6 is 15.9 Å². The molecule has 8 heteroatoms. The number of nitrogens with zero attached hydrogens (tertiary/aromatic N) is 1. The summed E-state index contributed by atoms with van der Waals surface area (Å²) in [4.78, 5) is 39.7. The summed E-state index contributed by atoms with van der Waals surface area (Å²) in [5.41, 5.74) is 2.82. The lowest BCUT2D eigenvalue weighted by Crippen LogP contribution is -2.54. The zero-order valence-electron chi connectivity index (χ0n) is 22.1. The molecule has 0 unspecified atom stereocenters. The maximum Gasteiger partial charge on any atom is 0.335 e. The molecule has 5 rings (SSSR count). The van der Waals surface area contributed by atoms with E-state index in [0.717, 1.165) is 33.2 Å². The lowest BCUT2D eigenvalue weighted by atomic mass is 10.0. The van der Waals surface area contributed by atoms with Crippen molar-refractivity contribution in [3.8, 4) is 11.5 Å². The van der Waals surface area contributed by atoms with Crippen LogP contribution in [-0.4, -0.2) is 24.5 Å². The Kier molecular flexibility index (Phi) is 7.98. The molecule has 1 N–H and O–H groups in total. The van der Waals surface area contributed by atoms with E-state index in [1.54, 1.807) is 24.3 Å². The largest absolute Gasteiger partial charge is 0.490 e. The number of urea groups is 1. The van der Waals surface area contributed by atoms with Gasteiger partial charge >= 0.3 is 6.03 Å². The third-order valence-corrected chi connectivity index (χ3v) is 7.32. The van der Waals surface area contributed by atoms with Crippen LogP contribution in [0.3, 0.4) is 0 Å². The molecule has 0 atom stereocenters. The Hall–Kier alpha value is -4.43. The number of carbonyl (C=O) groups is 3. The SMILES string of the molecule is CCOc1cc(/C=C2/C(=O)NC(=O)N(c3ccc(CC)cc3)C2=O)c(Br)cc1OCc1cccc2ccccc12. The fourth-order valence-electron chi connectivity index (χ4n) is 4.54. The number of hydrogen-bond donors (Lipinski definition) is 1. The Bertz CT molecular complexity index is 1640. The van der Waals surface area contributed by atoms with Crippen LogP contribution in [0.5, 0.6) is 11.5 Å². The minimum Gasteiger partial charge on any atom is -0.490 e. The number of aryl methyl sites for hydroxylation is 1. The molecule has 40 heavy (non-hydrogen) atoms. The van der Waals surface area contributed by atoms with E-state index in [-0.39, 0.29) is 5.57 Å². The molecule has 0 aromatic heterocycles. The molecule has 4 aromatic rings. The van der Waals surface area contributed by atoms with Gasteiger partial charge in [-0.15, -0.1) is 0 Å². The van der Waals surface area contributed by atoms with Gasteiger partial charge in [0.2, 0.25) is 0 Å². The Morgan fingerprint density at radius 1 is 0.875 bits per heavy atom. The number of fused-ring (bicyclic) bond motifs is 1. The van der Waals surface area contributed by atoms with Crippen LogP contribution in [-0.2, 0) is 22.6 Å². The normalized spacial score (nSPS) is 14.5. The zero-order valence-corrected chi connectivity index (χ0v) is 23.7. The standard InChI is InChI=1S/C32H27BrN2O5/c1-3-20-12-14-24(15-13-20)35-31(37)26(30(36)34-32(35)38)16-23-17-28(39-4-2)29(18-27(23)33)40-19-22-10-7-9-21-8-5-6-11-25(21)22/h5-18H,3-4,19H2,1-2H3,(H,34,36,38)/b26-16-. The van der Waals surface area contributed by atoms with Gasteiger partial charge in [-0.3, -0.25) is 14.9 Å². The second-order valence-corrected chi connectivity index (χ2v) is 10.0. The van der Waals surface area contributed by atoms with Crippen molar-refractivity contribution in [2.45, 2.75) is 26.9 Å². The van der Waals surface area contributed by atoms with Gasteiger partial charge in [-0.05, 0) is 71.1 Å². The molecule has 1 fully saturated rings. The molecule has 202 valence electrons. The highest BCUT2D eigenvalue weighted by atomic mass is 79.9. The topological polar surface area (TPSA) is 84.9 Å². The Labute approximate surface area is 240 Å². The molecule has 1 heterocycles. The molecule has 7 nitrogen and oxygen atoms in total. The third kappa shape index (κ3) is 5.49. The fraction of sp³-hybridized carbons (Fsp3) is 0.156. The molecule has 0 radical (unpaired) electrons.